The molecule has 1 heterocycles. The summed E-state index contributed by atoms with van der Waals surface area (Å²) < 4.78 is 0. The molecule has 1 aliphatic heterocycles. The molecule has 0 amide bonds. The summed E-state index contributed by atoms with van der Waals surface area (Å²) in [6.07, 6.45) is 3.77. The van der Waals surface area contributed by atoms with Gasteiger partial charge in [-0.05, 0) is 44.0 Å². The summed E-state index contributed by atoms with van der Waals surface area (Å²) in [7, 11) is 0. The van der Waals surface area contributed by atoms with Crippen LogP contribution in [-0.4, -0.2) is 29.8 Å². The first-order chi connectivity index (χ1) is 8.35. The van der Waals surface area contributed by atoms with Crippen LogP contribution in [-0.2, 0) is 6.42 Å². The van der Waals surface area contributed by atoms with Crippen LogP contribution in [0.3, 0.4) is 0 Å². The van der Waals surface area contributed by atoms with E-state index in [1.54, 1.807) is 5.56 Å². The van der Waals surface area contributed by atoms with Gasteiger partial charge in [0.2, 0.25) is 0 Å². The Kier molecular flexibility index (Phi) is 4.93. The summed E-state index contributed by atoms with van der Waals surface area (Å²) in [5.74, 6) is 1.26. The van der Waals surface area contributed by atoms with Gasteiger partial charge in [-0.2, -0.15) is 0 Å². The summed E-state index contributed by atoms with van der Waals surface area (Å²) in [5, 5.41) is 0. The zero-order valence-electron chi connectivity index (χ0n) is 11.0. The molecular weight excluding hydrogens is 226 g/mol. The number of thioether (sulfide) groups is 1. The van der Waals surface area contributed by atoms with Crippen LogP contribution in [0.5, 0.6) is 0 Å². The van der Waals surface area contributed by atoms with Gasteiger partial charge in [-0.1, -0.05) is 32.0 Å². The van der Waals surface area contributed by atoms with Crippen molar-refractivity contribution < 1.29 is 0 Å². The Hall–Kier alpha value is -0.470. The lowest BCUT2D eigenvalue weighted by Gasteiger charge is -2.34. The SMILES string of the molecule is CCCN(CCC)C1CSc2ccccc2C1. The van der Waals surface area contributed by atoms with Gasteiger partial charge in [-0.25, -0.2) is 0 Å². The second-order valence-electron chi connectivity index (χ2n) is 4.81. The fraction of sp³-hybridized carbons (Fsp3) is 0.600. The average Bonchev–Trinajstić information content (AvgIpc) is 2.38. The molecule has 1 unspecified atom stereocenters. The Bertz CT molecular complexity index is 345. The lowest BCUT2D eigenvalue weighted by molar-refractivity contribution is 0.209. The van der Waals surface area contributed by atoms with Gasteiger partial charge in [0, 0.05) is 16.7 Å². The fourth-order valence-corrected chi connectivity index (χ4v) is 3.81. The molecule has 0 bridgehead atoms. The molecule has 0 aromatic heterocycles. The molecule has 94 valence electrons. The van der Waals surface area contributed by atoms with Crippen LogP contribution in [0.1, 0.15) is 32.3 Å². The summed E-state index contributed by atoms with van der Waals surface area (Å²) in [5.41, 5.74) is 1.55. The molecule has 1 aliphatic rings. The molecule has 2 rings (SSSR count). The summed E-state index contributed by atoms with van der Waals surface area (Å²) in [6, 6.07) is 9.63. The van der Waals surface area contributed by atoms with Crippen LogP contribution in [0.25, 0.3) is 0 Å². The normalized spacial score (nSPS) is 19.4. The maximum atomic E-state index is 2.68. The molecule has 0 radical (unpaired) electrons. The van der Waals surface area contributed by atoms with Gasteiger partial charge in [-0.15, -0.1) is 11.8 Å². The van der Waals surface area contributed by atoms with Gasteiger partial charge >= 0.3 is 0 Å². The molecule has 1 atom stereocenters. The maximum absolute atomic E-state index is 2.68. The van der Waals surface area contributed by atoms with Crippen molar-refractivity contribution in [3.63, 3.8) is 0 Å². The third-order valence-electron chi connectivity index (χ3n) is 3.40. The number of benzene rings is 1. The van der Waals surface area contributed by atoms with E-state index in [9.17, 15) is 0 Å². The van der Waals surface area contributed by atoms with Gasteiger partial charge in [-0.3, -0.25) is 4.90 Å². The number of rotatable bonds is 5. The average molecular weight is 249 g/mol. The summed E-state index contributed by atoms with van der Waals surface area (Å²) in [4.78, 5) is 4.18. The Morgan fingerprint density at radius 3 is 2.59 bits per heavy atom. The number of fused-ring (bicyclic) bond motifs is 1. The monoisotopic (exact) mass is 249 g/mol. The van der Waals surface area contributed by atoms with E-state index in [0.717, 1.165) is 6.04 Å². The first-order valence-corrected chi connectivity index (χ1v) is 7.78. The van der Waals surface area contributed by atoms with Crippen molar-refractivity contribution in [1.82, 2.24) is 4.90 Å². The van der Waals surface area contributed by atoms with Gasteiger partial charge in [0.05, 0.1) is 0 Å². The van der Waals surface area contributed by atoms with E-state index in [-0.39, 0.29) is 0 Å². The topological polar surface area (TPSA) is 3.24 Å². The first-order valence-electron chi connectivity index (χ1n) is 6.80. The van der Waals surface area contributed by atoms with Crippen molar-refractivity contribution in [2.24, 2.45) is 0 Å². The zero-order chi connectivity index (χ0) is 12.1. The minimum Gasteiger partial charge on any atom is -0.299 e. The van der Waals surface area contributed by atoms with Crippen LogP contribution in [0, 0.1) is 0 Å². The quantitative estimate of drug-likeness (QED) is 0.780. The molecule has 1 aromatic carbocycles. The third-order valence-corrected chi connectivity index (χ3v) is 4.66. The minimum atomic E-state index is 0.745. The van der Waals surface area contributed by atoms with Crippen LogP contribution in [0.15, 0.2) is 29.2 Å². The standard InChI is InChI=1S/C15H23NS/c1-3-9-16(10-4-2)14-11-13-7-5-6-8-15(13)17-12-14/h5-8,14H,3-4,9-12H2,1-2H3. The number of hydrogen-bond acceptors (Lipinski definition) is 2. The van der Waals surface area contributed by atoms with E-state index >= 15 is 0 Å². The minimum absolute atomic E-state index is 0.745. The van der Waals surface area contributed by atoms with E-state index in [1.165, 1.54) is 43.0 Å². The molecule has 0 saturated heterocycles. The van der Waals surface area contributed by atoms with Crippen molar-refractivity contribution in [2.45, 2.75) is 44.0 Å². The molecule has 2 heteroatoms. The second-order valence-corrected chi connectivity index (χ2v) is 5.87. The van der Waals surface area contributed by atoms with Crippen molar-refractivity contribution in [3.05, 3.63) is 29.8 Å². The first kappa shape index (κ1) is 13.0. The van der Waals surface area contributed by atoms with Gasteiger partial charge < -0.3 is 0 Å². The molecular formula is C15H23NS. The van der Waals surface area contributed by atoms with Gasteiger partial charge in [0.25, 0.3) is 0 Å². The number of nitrogens with zero attached hydrogens (tertiary/aromatic N) is 1. The molecule has 1 aromatic rings. The van der Waals surface area contributed by atoms with E-state index in [2.05, 4.69) is 43.0 Å². The van der Waals surface area contributed by atoms with Crippen molar-refractivity contribution in [3.8, 4) is 0 Å². The van der Waals surface area contributed by atoms with E-state index in [4.69, 9.17) is 0 Å². The molecule has 0 fully saturated rings. The van der Waals surface area contributed by atoms with Gasteiger partial charge in [0.1, 0.15) is 0 Å². The highest BCUT2D eigenvalue weighted by Crippen LogP contribution is 2.31. The highest BCUT2D eigenvalue weighted by molar-refractivity contribution is 7.99. The van der Waals surface area contributed by atoms with Gasteiger partial charge in [0.15, 0.2) is 0 Å². The fourth-order valence-electron chi connectivity index (χ4n) is 2.60. The van der Waals surface area contributed by atoms with Crippen LogP contribution in [0.2, 0.25) is 0 Å². The lowest BCUT2D eigenvalue weighted by Crippen LogP contribution is -2.41. The Morgan fingerprint density at radius 1 is 1.18 bits per heavy atom. The highest BCUT2D eigenvalue weighted by Gasteiger charge is 2.23. The number of hydrogen-bond donors (Lipinski definition) is 0. The lowest BCUT2D eigenvalue weighted by atomic mass is 10.0. The highest BCUT2D eigenvalue weighted by atomic mass is 32.2. The maximum Gasteiger partial charge on any atom is 0.0230 e. The molecule has 0 spiro atoms. The van der Waals surface area contributed by atoms with Crippen molar-refractivity contribution in [2.75, 3.05) is 18.8 Å². The Morgan fingerprint density at radius 2 is 1.88 bits per heavy atom. The Balaban J connectivity index is 2.04. The zero-order valence-corrected chi connectivity index (χ0v) is 11.8. The summed E-state index contributed by atoms with van der Waals surface area (Å²) >= 11 is 2.04. The van der Waals surface area contributed by atoms with Crippen molar-refractivity contribution in [1.29, 1.82) is 0 Å². The van der Waals surface area contributed by atoms with Crippen LogP contribution in [0.4, 0.5) is 0 Å². The molecule has 0 aliphatic carbocycles. The predicted octanol–water partition coefficient (Wildman–Crippen LogP) is 3.83. The van der Waals surface area contributed by atoms with E-state index in [1.807, 2.05) is 11.8 Å². The predicted molar refractivity (Wildman–Crippen MR) is 76.8 cm³/mol. The van der Waals surface area contributed by atoms with Crippen LogP contribution >= 0.6 is 11.8 Å². The van der Waals surface area contributed by atoms with E-state index < -0.39 is 0 Å². The van der Waals surface area contributed by atoms with Crippen LogP contribution < -0.4 is 0 Å². The summed E-state index contributed by atoms with van der Waals surface area (Å²) in [6.45, 7) is 7.07. The molecule has 0 N–H and O–H groups in total. The van der Waals surface area contributed by atoms with E-state index in [0.29, 0.717) is 0 Å². The molecule has 17 heavy (non-hydrogen) atoms. The molecule has 1 nitrogen and oxygen atoms in total. The smallest absolute Gasteiger partial charge is 0.0230 e. The molecule has 0 saturated carbocycles. The Labute approximate surface area is 110 Å². The van der Waals surface area contributed by atoms with Crippen molar-refractivity contribution >= 4 is 11.8 Å². The largest absolute Gasteiger partial charge is 0.299 e. The second kappa shape index (κ2) is 6.46. The third kappa shape index (κ3) is 3.26.